The molecule has 242 valence electrons. The molecule has 3 fully saturated rings. The third kappa shape index (κ3) is 7.00. The minimum Gasteiger partial charge on any atom is -0.493 e. The van der Waals surface area contributed by atoms with Gasteiger partial charge in [-0.25, -0.2) is 0 Å². The summed E-state index contributed by atoms with van der Waals surface area (Å²) in [6, 6.07) is 8.35. The summed E-state index contributed by atoms with van der Waals surface area (Å²) in [4.78, 5) is 19.1. The number of rotatable bonds is 11. The number of amides is 1. The number of nitrogens with zero attached hydrogens (tertiary/aromatic N) is 4. The average molecular weight is 610 g/mol. The van der Waals surface area contributed by atoms with Crippen LogP contribution >= 0.6 is 0 Å². The van der Waals surface area contributed by atoms with E-state index in [-0.39, 0.29) is 36.1 Å². The smallest absolute Gasteiger partial charge is 0.246 e. The Morgan fingerprint density at radius 1 is 1.36 bits per heavy atom. The Labute approximate surface area is 262 Å². The Hall–Kier alpha value is -2.88. The lowest BCUT2D eigenvalue weighted by molar-refractivity contribution is -0.138. The van der Waals surface area contributed by atoms with Crippen molar-refractivity contribution in [2.24, 2.45) is 11.8 Å². The van der Waals surface area contributed by atoms with Crippen molar-refractivity contribution in [3.05, 3.63) is 30.9 Å². The van der Waals surface area contributed by atoms with E-state index in [2.05, 4.69) is 58.4 Å². The quantitative estimate of drug-likeness (QED) is 0.256. The van der Waals surface area contributed by atoms with E-state index in [0.717, 1.165) is 68.9 Å². The van der Waals surface area contributed by atoms with Gasteiger partial charge in [0.05, 0.1) is 50.6 Å². The summed E-state index contributed by atoms with van der Waals surface area (Å²) in [7, 11) is 5.81. The Morgan fingerprint density at radius 2 is 2.20 bits per heavy atom. The van der Waals surface area contributed by atoms with Crippen LogP contribution in [0.25, 0.3) is 0 Å². The van der Waals surface area contributed by atoms with Crippen LogP contribution in [0.3, 0.4) is 0 Å². The van der Waals surface area contributed by atoms with Crippen LogP contribution in [0.2, 0.25) is 0 Å². The monoisotopic (exact) mass is 609 g/mol. The van der Waals surface area contributed by atoms with E-state index in [1.54, 1.807) is 12.0 Å². The highest BCUT2D eigenvalue weighted by molar-refractivity contribution is 5.87. The number of para-hydroxylation sites is 1. The molecule has 1 aliphatic carbocycles. The molecule has 5 rings (SSSR count). The van der Waals surface area contributed by atoms with Crippen LogP contribution in [0.4, 0.5) is 5.69 Å². The van der Waals surface area contributed by atoms with Gasteiger partial charge in [-0.05, 0) is 63.4 Å². The number of piperazine rings is 1. The third-order valence-corrected chi connectivity index (χ3v) is 9.93. The molecule has 6 unspecified atom stereocenters. The summed E-state index contributed by atoms with van der Waals surface area (Å²) in [5.74, 6) is 2.22. The number of benzene rings is 1. The minimum atomic E-state index is -0.351. The number of fused-ring (bicyclic) bond motifs is 2. The molecule has 1 aromatic carbocycles. The predicted molar refractivity (Wildman–Crippen MR) is 170 cm³/mol. The number of nitriles is 1. The summed E-state index contributed by atoms with van der Waals surface area (Å²) >= 11 is 0. The number of nitrogens with one attached hydrogen (secondary N) is 3. The van der Waals surface area contributed by atoms with Gasteiger partial charge in [0.15, 0.2) is 17.9 Å². The molecular weight excluding hydrogens is 558 g/mol. The highest BCUT2D eigenvalue weighted by Crippen LogP contribution is 2.48. The van der Waals surface area contributed by atoms with E-state index in [4.69, 9.17) is 14.2 Å². The van der Waals surface area contributed by atoms with Crippen LogP contribution in [0.5, 0.6) is 11.5 Å². The molecular formula is C33H51N7O4. The highest BCUT2D eigenvalue weighted by atomic mass is 16.5. The number of carbonyl (C=O) groups excluding carboxylic acids is 1. The molecule has 1 aromatic rings. The summed E-state index contributed by atoms with van der Waals surface area (Å²) in [5.41, 5.74) is 0.702. The predicted octanol–water partition coefficient (Wildman–Crippen LogP) is 2.50. The van der Waals surface area contributed by atoms with Gasteiger partial charge < -0.3 is 29.3 Å². The third-order valence-electron chi connectivity index (χ3n) is 9.93. The van der Waals surface area contributed by atoms with Crippen molar-refractivity contribution >= 4 is 11.6 Å². The van der Waals surface area contributed by atoms with Crippen LogP contribution < -0.4 is 30.3 Å². The van der Waals surface area contributed by atoms with Crippen molar-refractivity contribution in [2.75, 3.05) is 65.4 Å². The van der Waals surface area contributed by atoms with Gasteiger partial charge in [-0.2, -0.15) is 5.26 Å². The number of ether oxygens (including phenoxy) is 3. The molecule has 11 nitrogen and oxygen atoms in total. The van der Waals surface area contributed by atoms with Gasteiger partial charge in [-0.1, -0.05) is 19.6 Å². The van der Waals surface area contributed by atoms with E-state index in [9.17, 15) is 10.1 Å². The maximum absolute atomic E-state index is 12.6. The molecule has 44 heavy (non-hydrogen) atoms. The molecule has 3 aliphatic heterocycles. The van der Waals surface area contributed by atoms with Gasteiger partial charge in [-0.3, -0.25) is 20.3 Å². The second-order valence-corrected chi connectivity index (χ2v) is 13.1. The molecule has 3 N–H and O–H groups in total. The second kappa shape index (κ2) is 14.5. The van der Waals surface area contributed by atoms with E-state index in [1.165, 1.54) is 6.08 Å². The van der Waals surface area contributed by atoms with Crippen molar-refractivity contribution in [1.82, 2.24) is 25.8 Å². The Morgan fingerprint density at radius 3 is 2.95 bits per heavy atom. The maximum Gasteiger partial charge on any atom is 0.246 e. The molecule has 1 amide bonds. The largest absolute Gasteiger partial charge is 0.493 e. The summed E-state index contributed by atoms with van der Waals surface area (Å²) in [6.07, 6.45) is 6.33. The molecule has 4 aliphatic rings. The fraction of sp³-hybridized carbons (Fsp3) is 0.697. The first kappa shape index (κ1) is 32.5. The van der Waals surface area contributed by atoms with Crippen molar-refractivity contribution < 1.29 is 19.0 Å². The van der Waals surface area contributed by atoms with E-state index >= 15 is 0 Å². The molecule has 1 spiro atoms. The molecule has 1 saturated carbocycles. The molecule has 7 atom stereocenters. The summed E-state index contributed by atoms with van der Waals surface area (Å²) < 4.78 is 19.1. The molecule has 0 radical (unpaired) electrons. The van der Waals surface area contributed by atoms with Gasteiger partial charge in [0.2, 0.25) is 5.91 Å². The Kier molecular flexibility index (Phi) is 10.7. The number of anilines is 1. The average Bonchev–Trinajstić information content (AvgIpc) is 3.03. The van der Waals surface area contributed by atoms with Crippen molar-refractivity contribution in [1.29, 1.82) is 5.26 Å². The van der Waals surface area contributed by atoms with Gasteiger partial charge >= 0.3 is 0 Å². The van der Waals surface area contributed by atoms with Crippen LogP contribution in [0.1, 0.15) is 45.4 Å². The van der Waals surface area contributed by atoms with Gasteiger partial charge in [0.25, 0.3) is 0 Å². The molecule has 0 bridgehead atoms. The topological polar surface area (TPSA) is 114 Å². The lowest BCUT2D eigenvalue weighted by Gasteiger charge is -2.56. The normalized spacial score (nSPS) is 30.9. The standard InChI is InChI=1S/C33H51N7O4/c1-6-29(41)40-18-17-39(20-24(40)13-15-34)31-25-12-14-33(22-38(4)27-10-7-11-28(42-5)30(27)44-33)19-26(25)36-32(37-31)43-21-23(2)9-8-16-35-3/h6-7,10-11,23-26,31-32,35-37H,1,8-9,12-14,16-22H2,2-5H3/t23?,24?,25?,26?,31?,32?,33-/m1/s1. The number of hydrogen-bond donors (Lipinski definition) is 3. The molecule has 11 heteroatoms. The summed E-state index contributed by atoms with van der Waals surface area (Å²) in [5, 5.41) is 20.4. The van der Waals surface area contributed by atoms with Crippen molar-refractivity contribution in [2.45, 2.75) is 75.7 Å². The fourth-order valence-electron chi connectivity index (χ4n) is 7.70. The van der Waals surface area contributed by atoms with Crippen LogP contribution in [0, 0.1) is 23.2 Å². The van der Waals surface area contributed by atoms with Gasteiger partial charge in [0, 0.05) is 45.1 Å². The molecule has 3 heterocycles. The SMILES string of the molecule is C=CC(=O)N1CCN(C2NC(OCC(C)CCCNC)NC3C[C@]4(CCC32)CN(C)c2cccc(OC)c2O4)CC1CC#N. The zero-order valence-corrected chi connectivity index (χ0v) is 26.9. The van der Waals surface area contributed by atoms with E-state index < -0.39 is 0 Å². The van der Waals surface area contributed by atoms with Crippen LogP contribution in [-0.4, -0.2) is 106 Å². The first-order valence-electron chi connectivity index (χ1n) is 16.2. The zero-order chi connectivity index (χ0) is 31.3. The maximum atomic E-state index is 12.6. The Bertz CT molecular complexity index is 1190. The Balaban J connectivity index is 1.35. The van der Waals surface area contributed by atoms with Gasteiger partial charge in [0.1, 0.15) is 5.60 Å². The lowest BCUT2D eigenvalue weighted by atomic mass is 9.72. The number of carbonyl (C=O) groups is 1. The van der Waals surface area contributed by atoms with Crippen molar-refractivity contribution in [3.63, 3.8) is 0 Å². The van der Waals surface area contributed by atoms with Crippen LogP contribution in [-0.2, 0) is 9.53 Å². The highest BCUT2D eigenvalue weighted by Gasteiger charge is 2.52. The number of methoxy groups -OCH3 is 1. The second-order valence-electron chi connectivity index (χ2n) is 13.1. The van der Waals surface area contributed by atoms with Crippen molar-refractivity contribution in [3.8, 4) is 17.6 Å². The molecule has 0 aromatic heterocycles. The molecule has 2 saturated heterocycles. The number of likely N-dealkylation sites (N-methyl/N-ethyl adjacent to an activating group) is 1. The van der Waals surface area contributed by atoms with Gasteiger partial charge in [-0.15, -0.1) is 0 Å². The summed E-state index contributed by atoms with van der Waals surface area (Å²) in [6.45, 7) is 10.3. The first-order valence-corrected chi connectivity index (χ1v) is 16.2. The van der Waals surface area contributed by atoms with E-state index in [1.807, 2.05) is 19.2 Å². The number of hydrogen-bond acceptors (Lipinski definition) is 10. The fourth-order valence-corrected chi connectivity index (χ4v) is 7.70. The zero-order valence-electron chi connectivity index (χ0n) is 26.9. The van der Waals surface area contributed by atoms with Crippen LogP contribution in [0.15, 0.2) is 30.9 Å². The lowest BCUT2D eigenvalue weighted by Crippen LogP contribution is -2.73. The first-order chi connectivity index (χ1) is 21.3. The minimum absolute atomic E-state index is 0.0496. The van der Waals surface area contributed by atoms with E-state index in [0.29, 0.717) is 38.0 Å².